The number of fused-ring (bicyclic) bond motifs is 1. The highest BCUT2D eigenvalue weighted by atomic mass is 32.2. The molecular weight excluding hydrogens is 463 g/mol. The first-order chi connectivity index (χ1) is 15.6. The van der Waals surface area contributed by atoms with Crippen molar-refractivity contribution >= 4 is 32.8 Å². The van der Waals surface area contributed by atoms with E-state index in [2.05, 4.69) is 35.1 Å². The van der Waals surface area contributed by atoms with Crippen LogP contribution in [0.4, 0.5) is 24.9 Å². The van der Waals surface area contributed by atoms with E-state index in [1.54, 1.807) is 6.20 Å². The molecular formula is C19H28F3N7O3S. The number of morpholine rings is 1. The second-order valence-corrected chi connectivity index (χ2v) is 10.5. The topological polar surface area (TPSA) is 125 Å². The van der Waals surface area contributed by atoms with Crippen LogP contribution >= 0.6 is 0 Å². The van der Waals surface area contributed by atoms with Crippen molar-refractivity contribution in [2.75, 3.05) is 35.7 Å². The summed E-state index contributed by atoms with van der Waals surface area (Å²) < 4.78 is 68.7. The number of sulfonamides is 1. The van der Waals surface area contributed by atoms with Gasteiger partial charge in [-0.3, -0.25) is 5.10 Å². The van der Waals surface area contributed by atoms with Gasteiger partial charge in [0, 0.05) is 31.4 Å². The van der Waals surface area contributed by atoms with Gasteiger partial charge in [0.05, 0.1) is 30.3 Å². The molecule has 0 bridgehead atoms. The number of aromatic amines is 1. The fraction of sp³-hybridized carbons (Fsp3) is 0.737. The Morgan fingerprint density at radius 1 is 1.24 bits per heavy atom. The van der Waals surface area contributed by atoms with Crippen molar-refractivity contribution in [1.29, 1.82) is 0 Å². The van der Waals surface area contributed by atoms with E-state index in [0.717, 1.165) is 24.3 Å². The summed E-state index contributed by atoms with van der Waals surface area (Å²) in [7, 11) is -3.96. The average molecular weight is 492 g/mol. The highest BCUT2D eigenvalue weighted by Gasteiger charge is 2.32. The van der Waals surface area contributed by atoms with Crippen molar-refractivity contribution in [2.45, 2.75) is 63.4 Å². The molecule has 2 aromatic heterocycles. The number of rotatable bonds is 7. The van der Waals surface area contributed by atoms with Gasteiger partial charge in [0.2, 0.25) is 16.0 Å². The number of aromatic nitrogens is 4. The summed E-state index contributed by atoms with van der Waals surface area (Å²) in [5.74, 6) is 0.296. The number of anilines is 2. The minimum atomic E-state index is -4.49. The molecule has 1 aliphatic carbocycles. The Morgan fingerprint density at radius 3 is 2.67 bits per heavy atom. The van der Waals surface area contributed by atoms with Crippen LogP contribution in [0.2, 0.25) is 0 Å². The van der Waals surface area contributed by atoms with E-state index in [0.29, 0.717) is 43.9 Å². The number of H-pyrrole nitrogens is 1. The Morgan fingerprint density at radius 2 is 1.97 bits per heavy atom. The van der Waals surface area contributed by atoms with E-state index < -0.39 is 28.4 Å². The Bertz CT molecular complexity index is 1050. The molecule has 2 aliphatic rings. The van der Waals surface area contributed by atoms with Gasteiger partial charge >= 0.3 is 6.18 Å². The molecule has 1 saturated heterocycles. The molecule has 4 rings (SSSR count). The highest BCUT2D eigenvalue weighted by molar-refractivity contribution is 7.89. The van der Waals surface area contributed by atoms with Gasteiger partial charge in [-0.2, -0.15) is 23.3 Å². The maximum Gasteiger partial charge on any atom is 0.390 e. The monoisotopic (exact) mass is 491 g/mol. The van der Waals surface area contributed by atoms with Crippen molar-refractivity contribution in [1.82, 2.24) is 24.9 Å². The Labute approximate surface area is 189 Å². The average Bonchev–Trinajstić information content (AvgIpc) is 3.17. The minimum Gasteiger partial charge on any atom is -0.375 e. The Balaban J connectivity index is 1.30. The first kappa shape index (κ1) is 24.0. The van der Waals surface area contributed by atoms with Crippen LogP contribution in [0.1, 0.15) is 39.0 Å². The summed E-state index contributed by atoms with van der Waals surface area (Å²) in [6.45, 7) is 4.13. The van der Waals surface area contributed by atoms with E-state index >= 15 is 0 Å². The Hall–Kier alpha value is -2.19. The fourth-order valence-corrected chi connectivity index (χ4v) is 5.58. The van der Waals surface area contributed by atoms with Gasteiger partial charge in [0.25, 0.3) is 0 Å². The second-order valence-electron chi connectivity index (χ2n) is 8.63. The third-order valence-electron chi connectivity index (χ3n) is 5.90. The first-order valence-electron chi connectivity index (χ1n) is 11.0. The molecule has 184 valence electrons. The molecule has 1 atom stereocenters. The first-order valence-corrected chi connectivity index (χ1v) is 12.6. The summed E-state index contributed by atoms with van der Waals surface area (Å²) in [5, 5.41) is 11.4. The summed E-state index contributed by atoms with van der Waals surface area (Å²) in [6.07, 6.45) is -1.65. The standard InChI is InChI=1S/C19H28F3N7O3S/c1-12-11-29(7-8-32-12)17-15-10-23-18(25-16(15)26-27-17)24-13-2-4-14(5-3-13)28-33(30,31)9-6-19(20,21)22/h10,12-14,28H,2-9,11H2,1H3,(H2,23,24,25,26,27)/t12?,13-,14-. The molecule has 14 heteroatoms. The molecule has 0 radical (unpaired) electrons. The number of nitrogens with zero attached hydrogens (tertiary/aromatic N) is 4. The predicted octanol–water partition coefficient (Wildman–Crippen LogP) is 2.17. The lowest BCUT2D eigenvalue weighted by Crippen LogP contribution is -2.41. The second kappa shape index (κ2) is 9.58. The third-order valence-corrected chi connectivity index (χ3v) is 7.33. The van der Waals surface area contributed by atoms with Gasteiger partial charge in [-0.05, 0) is 32.6 Å². The van der Waals surface area contributed by atoms with Crippen LogP contribution in [0.3, 0.4) is 0 Å². The van der Waals surface area contributed by atoms with Crippen molar-refractivity contribution in [3.05, 3.63) is 6.20 Å². The number of hydrogen-bond acceptors (Lipinski definition) is 8. The van der Waals surface area contributed by atoms with Crippen molar-refractivity contribution in [3.63, 3.8) is 0 Å². The number of alkyl halides is 3. The van der Waals surface area contributed by atoms with Crippen LogP contribution in [0.5, 0.6) is 0 Å². The lowest BCUT2D eigenvalue weighted by Gasteiger charge is -2.31. The largest absolute Gasteiger partial charge is 0.390 e. The molecule has 10 nitrogen and oxygen atoms in total. The molecule has 1 unspecified atom stereocenters. The van der Waals surface area contributed by atoms with Crippen LogP contribution in [-0.4, -0.2) is 78.4 Å². The van der Waals surface area contributed by atoms with Gasteiger partial charge in [0.15, 0.2) is 11.5 Å². The molecule has 0 amide bonds. The van der Waals surface area contributed by atoms with Crippen LogP contribution < -0.4 is 14.9 Å². The molecule has 1 aliphatic heterocycles. The highest BCUT2D eigenvalue weighted by Crippen LogP contribution is 2.26. The maximum absolute atomic E-state index is 12.3. The van der Waals surface area contributed by atoms with Gasteiger partial charge in [0.1, 0.15) is 0 Å². The molecule has 33 heavy (non-hydrogen) atoms. The third kappa shape index (κ3) is 6.44. The van der Waals surface area contributed by atoms with E-state index in [1.807, 2.05) is 6.92 Å². The quantitative estimate of drug-likeness (QED) is 0.538. The van der Waals surface area contributed by atoms with E-state index in [1.165, 1.54) is 0 Å². The minimum absolute atomic E-state index is 0.0425. The zero-order valence-electron chi connectivity index (χ0n) is 18.2. The molecule has 3 N–H and O–H groups in total. The number of nitrogens with one attached hydrogen (secondary N) is 3. The zero-order chi connectivity index (χ0) is 23.6. The van der Waals surface area contributed by atoms with Crippen LogP contribution in [0.15, 0.2) is 6.20 Å². The normalized spacial score (nSPS) is 24.8. The molecule has 2 fully saturated rings. The fourth-order valence-electron chi connectivity index (χ4n) is 4.22. The van der Waals surface area contributed by atoms with Crippen LogP contribution in [0, 0.1) is 0 Å². The molecule has 3 heterocycles. The number of hydrogen-bond donors (Lipinski definition) is 3. The van der Waals surface area contributed by atoms with E-state index in [4.69, 9.17) is 4.74 Å². The molecule has 1 saturated carbocycles. The van der Waals surface area contributed by atoms with Gasteiger partial charge < -0.3 is 15.0 Å². The Kier molecular flexibility index (Phi) is 6.96. The van der Waals surface area contributed by atoms with Gasteiger partial charge in [-0.15, -0.1) is 0 Å². The molecule has 0 spiro atoms. The lowest BCUT2D eigenvalue weighted by atomic mass is 9.92. The lowest BCUT2D eigenvalue weighted by molar-refractivity contribution is -0.130. The van der Waals surface area contributed by atoms with Crippen molar-refractivity contribution < 1.29 is 26.3 Å². The predicted molar refractivity (Wildman–Crippen MR) is 117 cm³/mol. The van der Waals surface area contributed by atoms with Crippen molar-refractivity contribution in [2.24, 2.45) is 0 Å². The van der Waals surface area contributed by atoms with Crippen LogP contribution in [-0.2, 0) is 14.8 Å². The zero-order valence-corrected chi connectivity index (χ0v) is 19.0. The summed E-state index contributed by atoms with van der Waals surface area (Å²) in [4.78, 5) is 11.1. The van der Waals surface area contributed by atoms with Crippen LogP contribution in [0.25, 0.3) is 11.0 Å². The number of ether oxygens (including phenoxy) is 1. The summed E-state index contributed by atoms with van der Waals surface area (Å²) in [6, 6.07) is -0.323. The van der Waals surface area contributed by atoms with Gasteiger partial charge in [-0.1, -0.05) is 0 Å². The number of halogens is 3. The van der Waals surface area contributed by atoms with Gasteiger partial charge in [-0.25, -0.2) is 18.1 Å². The smallest absolute Gasteiger partial charge is 0.375 e. The van der Waals surface area contributed by atoms with E-state index in [-0.39, 0.29) is 18.2 Å². The molecule has 2 aromatic rings. The van der Waals surface area contributed by atoms with Crippen molar-refractivity contribution in [3.8, 4) is 0 Å². The molecule has 0 aromatic carbocycles. The van der Waals surface area contributed by atoms with E-state index in [9.17, 15) is 21.6 Å². The maximum atomic E-state index is 12.3. The summed E-state index contributed by atoms with van der Waals surface area (Å²) in [5.41, 5.74) is 0.618. The summed E-state index contributed by atoms with van der Waals surface area (Å²) >= 11 is 0. The SMILES string of the molecule is CC1CN(c2n[nH]c3nc(N[C@H]4CC[C@H](NS(=O)(=O)CCC(F)(F)F)CC4)ncc23)CCO1.